The minimum Gasteiger partial charge on any atom is -0.396 e. The van der Waals surface area contributed by atoms with E-state index < -0.39 is 32.4 Å². The molecule has 1 N–H and O–H groups in total. The molecule has 2 aliphatic heterocycles. The highest BCUT2D eigenvalue weighted by Crippen LogP contribution is 2.42. The van der Waals surface area contributed by atoms with Gasteiger partial charge in [-0.2, -0.15) is 4.31 Å². The lowest BCUT2D eigenvalue weighted by Crippen LogP contribution is -2.62. The van der Waals surface area contributed by atoms with Gasteiger partial charge in [-0.25, -0.2) is 21.6 Å². The van der Waals surface area contributed by atoms with Gasteiger partial charge in [0, 0.05) is 24.5 Å². The first-order valence-corrected chi connectivity index (χ1v) is 9.62. The highest BCUT2D eigenvalue weighted by atomic mass is 32.2. The Kier molecular flexibility index (Phi) is 4.87. The van der Waals surface area contributed by atoms with E-state index in [4.69, 9.17) is 0 Å². The molecule has 2 fully saturated rings. The summed E-state index contributed by atoms with van der Waals surface area (Å²) < 4.78 is 67.2. The molecule has 2 aliphatic rings. The molecule has 2 heterocycles. The Morgan fingerprint density at radius 1 is 1.20 bits per heavy atom. The summed E-state index contributed by atoms with van der Waals surface area (Å²) in [5.74, 6) is -4.92. The van der Waals surface area contributed by atoms with Crippen LogP contribution in [0.2, 0.25) is 0 Å². The summed E-state index contributed by atoms with van der Waals surface area (Å²) in [6.45, 7) is 0.915. The first kappa shape index (κ1) is 18.6. The highest BCUT2D eigenvalue weighted by molar-refractivity contribution is 7.89. The monoisotopic (exact) mass is 378 g/mol. The molecular weight excluding hydrogens is 357 g/mol. The average molecular weight is 378 g/mol. The van der Waals surface area contributed by atoms with Crippen LogP contribution in [0.5, 0.6) is 0 Å². The molecule has 0 aliphatic carbocycles. The summed E-state index contributed by atoms with van der Waals surface area (Å²) in [5.41, 5.74) is -0.383. The zero-order valence-corrected chi connectivity index (χ0v) is 14.7. The minimum atomic E-state index is -4.30. The van der Waals surface area contributed by atoms with E-state index in [9.17, 15) is 26.7 Å². The molecule has 0 amide bonds. The SMILES string of the molecule is CN1CCC[C@]2(CO)CCN(S(=O)(=O)c3ccc(F)c(F)c3F)C[C@@H]12. The lowest BCUT2D eigenvalue weighted by Gasteiger charge is -2.53. The Morgan fingerprint density at radius 2 is 1.92 bits per heavy atom. The zero-order chi connectivity index (χ0) is 18.4. The number of nitrogens with zero attached hydrogens (tertiary/aromatic N) is 2. The minimum absolute atomic E-state index is 0.0462. The van der Waals surface area contributed by atoms with Crippen LogP contribution in [-0.2, 0) is 10.0 Å². The number of hydrogen-bond acceptors (Lipinski definition) is 4. The van der Waals surface area contributed by atoms with E-state index in [1.54, 1.807) is 0 Å². The third-order valence-corrected chi connectivity index (χ3v) is 7.48. The smallest absolute Gasteiger partial charge is 0.246 e. The number of aliphatic hydroxyl groups excluding tert-OH is 1. The second-order valence-electron chi connectivity index (χ2n) is 6.91. The zero-order valence-electron chi connectivity index (χ0n) is 13.9. The number of rotatable bonds is 3. The first-order chi connectivity index (χ1) is 11.7. The molecule has 2 atom stereocenters. The van der Waals surface area contributed by atoms with Crippen LogP contribution in [0.15, 0.2) is 17.0 Å². The first-order valence-electron chi connectivity index (χ1n) is 8.18. The quantitative estimate of drug-likeness (QED) is 0.812. The number of likely N-dealkylation sites (N-methyl/N-ethyl adjacent to an activating group) is 1. The van der Waals surface area contributed by atoms with Crippen LogP contribution in [0.4, 0.5) is 13.2 Å². The van der Waals surface area contributed by atoms with Crippen LogP contribution in [-0.4, -0.2) is 62.1 Å². The Bertz CT molecular complexity index is 774. The highest BCUT2D eigenvalue weighted by Gasteiger charge is 2.49. The molecule has 2 saturated heterocycles. The van der Waals surface area contributed by atoms with Crippen molar-refractivity contribution in [2.75, 3.05) is 33.3 Å². The van der Waals surface area contributed by atoms with Crippen molar-refractivity contribution >= 4 is 10.0 Å². The van der Waals surface area contributed by atoms with Crippen molar-refractivity contribution in [3.63, 3.8) is 0 Å². The van der Waals surface area contributed by atoms with Gasteiger partial charge in [0.25, 0.3) is 0 Å². The van der Waals surface area contributed by atoms with E-state index in [1.807, 2.05) is 11.9 Å². The van der Waals surface area contributed by atoms with Crippen molar-refractivity contribution in [1.82, 2.24) is 9.21 Å². The van der Waals surface area contributed by atoms with Gasteiger partial charge in [-0.3, -0.25) is 0 Å². The Hall–Kier alpha value is -1.16. The number of hydrogen-bond donors (Lipinski definition) is 1. The predicted octanol–water partition coefficient (Wildman–Crippen LogP) is 1.57. The summed E-state index contributed by atoms with van der Waals surface area (Å²) in [5, 5.41) is 9.87. The van der Waals surface area contributed by atoms with Crippen molar-refractivity contribution in [1.29, 1.82) is 0 Å². The van der Waals surface area contributed by atoms with E-state index >= 15 is 0 Å². The Labute approximate surface area is 145 Å². The molecule has 0 radical (unpaired) electrons. The molecule has 9 heteroatoms. The third-order valence-electron chi connectivity index (χ3n) is 5.59. The number of fused-ring (bicyclic) bond motifs is 1. The standard InChI is InChI=1S/C16H21F3N2O3S/c1-20-7-2-5-16(10-22)6-8-21(9-13(16)20)25(23,24)12-4-3-11(17)14(18)15(12)19/h3-4,13,22H,2,5-10H2,1H3/t13-,16-/m1/s1. The van der Waals surface area contributed by atoms with Gasteiger partial charge in [0.1, 0.15) is 4.90 Å². The number of halogens is 3. The predicted molar refractivity (Wildman–Crippen MR) is 84.9 cm³/mol. The van der Waals surface area contributed by atoms with E-state index in [0.29, 0.717) is 12.5 Å². The number of benzene rings is 1. The van der Waals surface area contributed by atoms with Crippen LogP contribution >= 0.6 is 0 Å². The van der Waals surface area contributed by atoms with Crippen molar-refractivity contribution in [3.8, 4) is 0 Å². The Balaban J connectivity index is 1.94. The molecule has 0 bridgehead atoms. The van der Waals surface area contributed by atoms with E-state index in [1.165, 1.54) is 0 Å². The van der Waals surface area contributed by atoms with Gasteiger partial charge in [0.05, 0.1) is 6.61 Å². The maximum atomic E-state index is 14.0. The second-order valence-corrected chi connectivity index (χ2v) is 8.81. The largest absolute Gasteiger partial charge is 0.396 e. The molecule has 0 spiro atoms. The van der Waals surface area contributed by atoms with Gasteiger partial charge < -0.3 is 10.0 Å². The lowest BCUT2D eigenvalue weighted by atomic mass is 9.69. The molecule has 1 aromatic rings. The molecule has 3 rings (SSSR count). The van der Waals surface area contributed by atoms with Crippen molar-refractivity contribution in [2.24, 2.45) is 5.41 Å². The number of likely N-dealkylation sites (tertiary alicyclic amines) is 1. The lowest BCUT2D eigenvalue weighted by molar-refractivity contribution is -0.0508. The summed E-state index contributed by atoms with van der Waals surface area (Å²) in [7, 11) is -2.43. The summed E-state index contributed by atoms with van der Waals surface area (Å²) >= 11 is 0. The van der Waals surface area contributed by atoms with Crippen LogP contribution in [0.1, 0.15) is 19.3 Å². The molecule has 0 aromatic heterocycles. The Morgan fingerprint density at radius 3 is 2.60 bits per heavy atom. The number of aliphatic hydroxyl groups is 1. The van der Waals surface area contributed by atoms with Gasteiger partial charge in [0.15, 0.2) is 17.5 Å². The molecule has 140 valence electrons. The van der Waals surface area contributed by atoms with Gasteiger partial charge in [0.2, 0.25) is 10.0 Å². The third kappa shape index (κ3) is 2.97. The fourth-order valence-electron chi connectivity index (χ4n) is 4.05. The van der Waals surface area contributed by atoms with E-state index in [0.717, 1.165) is 29.8 Å². The van der Waals surface area contributed by atoms with Gasteiger partial charge >= 0.3 is 0 Å². The summed E-state index contributed by atoms with van der Waals surface area (Å²) in [6.07, 6.45) is 2.15. The van der Waals surface area contributed by atoms with E-state index in [2.05, 4.69) is 0 Å². The number of piperidine rings is 2. The van der Waals surface area contributed by atoms with Crippen LogP contribution in [0.25, 0.3) is 0 Å². The normalized spacial score (nSPS) is 28.8. The van der Waals surface area contributed by atoms with Gasteiger partial charge in [-0.15, -0.1) is 0 Å². The molecule has 5 nitrogen and oxygen atoms in total. The maximum absolute atomic E-state index is 14.0. The van der Waals surface area contributed by atoms with Crippen molar-refractivity contribution < 1.29 is 26.7 Å². The van der Waals surface area contributed by atoms with Crippen LogP contribution in [0, 0.1) is 22.9 Å². The van der Waals surface area contributed by atoms with E-state index in [-0.39, 0.29) is 31.2 Å². The van der Waals surface area contributed by atoms with Gasteiger partial charge in [-0.1, -0.05) is 0 Å². The summed E-state index contributed by atoms with van der Waals surface area (Å²) in [4.78, 5) is 1.14. The average Bonchev–Trinajstić information content (AvgIpc) is 2.59. The van der Waals surface area contributed by atoms with Crippen molar-refractivity contribution in [3.05, 3.63) is 29.6 Å². The second kappa shape index (κ2) is 6.53. The molecular formula is C16H21F3N2O3S. The fraction of sp³-hybridized carbons (Fsp3) is 0.625. The fourth-order valence-corrected chi connectivity index (χ4v) is 5.56. The molecule has 0 unspecified atom stereocenters. The van der Waals surface area contributed by atoms with Crippen LogP contribution < -0.4 is 0 Å². The van der Waals surface area contributed by atoms with Gasteiger partial charge in [-0.05, 0) is 45.0 Å². The number of sulfonamides is 1. The topological polar surface area (TPSA) is 60.9 Å². The van der Waals surface area contributed by atoms with Crippen molar-refractivity contribution in [2.45, 2.75) is 30.2 Å². The molecule has 0 saturated carbocycles. The molecule has 1 aromatic carbocycles. The molecule has 25 heavy (non-hydrogen) atoms. The summed E-state index contributed by atoms with van der Waals surface area (Å²) in [6, 6.07) is 1.16. The van der Waals surface area contributed by atoms with Crippen LogP contribution in [0.3, 0.4) is 0 Å². The maximum Gasteiger partial charge on any atom is 0.246 e.